The summed E-state index contributed by atoms with van der Waals surface area (Å²) in [6.45, 7) is 0.262. The molecule has 0 spiro atoms. The van der Waals surface area contributed by atoms with Crippen molar-refractivity contribution in [3.63, 3.8) is 0 Å². The number of hydrogen-bond acceptors (Lipinski definition) is 2. The highest BCUT2D eigenvalue weighted by atomic mass is 16.5. The summed E-state index contributed by atoms with van der Waals surface area (Å²) in [5.41, 5.74) is 6.61. The van der Waals surface area contributed by atoms with E-state index in [0.29, 0.717) is 11.4 Å². The molecule has 2 aromatic carbocycles. The minimum Gasteiger partial charge on any atom is -0.481 e. The fourth-order valence-corrected chi connectivity index (χ4v) is 1.52. The van der Waals surface area contributed by atoms with E-state index in [2.05, 4.69) is 5.92 Å². The van der Waals surface area contributed by atoms with Crippen molar-refractivity contribution in [3.8, 4) is 18.1 Å². The maximum atomic E-state index is 5.90. The monoisotopic (exact) mass is 197 g/mol. The third-order valence-corrected chi connectivity index (χ3v) is 2.19. The van der Waals surface area contributed by atoms with Crippen molar-refractivity contribution in [1.29, 1.82) is 0 Å². The second-order valence-electron chi connectivity index (χ2n) is 3.23. The van der Waals surface area contributed by atoms with Crippen LogP contribution >= 0.6 is 0 Å². The van der Waals surface area contributed by atoms with E-state index in [0.717, 1.165) is 10.8 Å². The molecule has 2 aromatic rings. The highest BCUT2D eigenvalue weighted by Crippen LogP contribution is 2.26. The summed E-state index contributed by atoms with van der Waals surface area (Å²) in [4.78, 5) is 0. The van der Waals surface area contributed by atoms with Gasteiger partial charge >= 0.3 is 0 Å². The molecule has 0 amide bonds. The Morgan fingerprint density at radius 2 is 2.07 bits per heavy atom. The summed E-state index contributed by atoms with van der Waals surface area (Å²) in [6, 6.07) is 11.6. The molecule has 0 aliphatic rings. The van der Waals surface area contributed by atoms with Crippen LogP contribution in [0.3, 0.4) is 0 Å². The highest BCUT2D eigenvalue weighted by molar-refractivity contribution is 5.94. The van der Waals surface area contributed by atoms with Crippen LogP contribution in [0.2, 0.25) is 0 Å². The van der Waals surface area contributed by atoms with Gasteiger partial charge in [0.05, 0.1) is 0 Å². The van der Waals surface area contributed by atoms with Crippen molar-refractivity contribution in [2.24, 2.45) is 0 Å². The van der Waals surface area contributed by atoms with Crippen LogP contribution < -0.4 is 10.5 Å². The molecule has 2 rings (SSSR count). The molecule has 0 saturated carbocycles. The number of anilines is 1. The first-order valence-electron chi connectivity index (χ1n) is 4.66. The van der Waals surface area contributed by atoms with Crippen molar-refractivity contribution in [3.05, 3.63) is 36.4 Å². The SMILES string of the molecule is C#CCOc1cc(N)c2ccccc2c1. The van der Waals surface area contributed by atoms with Gasteiger partial charge in [0, 0.05) is 17.1 Å². The van der Waals surface area contributed by atoms with E-state index >= 15 is 0 Å². The van der Waals surface area contributed by atoms with Crippen LogP contribution in [-0.2, 0) is 0 Å². The maximum absolute atomic E-state index is 5.90. The molecule has 0 aliphatic heterocycles. The third kappa shape index (κ3) is 1.87. The number of fused-ring (bicyclic) bond motifs is 1. The van der Waals surface area contributed by atoms with Gasteiger partial charge in [0.15, 0.2) is 0 Å². The molecule has 0 fully saturated rings. The van der Waals surface area contributed by atoms with Gasteiger partial charge in [-0.05, 0) is 11.5 Å². The molecule has 74 valence electrons. The molecule has 0 saturated heterocycles. The summed E-state index contributed by atoms with van der Waals surface area (Å²) in [6.07, 6.45) is 5.12. The van der Waals surface area contributed by atoms with Crippen LogP contribution in [0, 0.1) is 12.3 Å². The normalized spacial score (nSPS) is 9.80. The topological polar surface area (TPSA) is 35.2 Å². The Labute approximate surface area is 88.7 Å². The Morgan fingerprint density at radius 3 is 2.87 bits per heavy atom. The lowest BCUT2D eigenvalue weighted by atomic mass is 10.1. The van der Waals surface area contributed by atoms with Crippen molar-refractivity contribution in [2.45, 2.75) is 0 Å². The molecule has 0 aliphatic carbocycles. The summed E-state index contributed by atoms with van der Waals surface area (Å²) >= 11 is 0. The van der Waals surface area contributed by atoms with E-state index in [1.54, 1.807) is 6.07 Å². The fraction of sp³-hybridized carbons (Fsp3) is 0.0769. The minimum absolute atomic E-state index is 0.262. The first kappa shape index (κ1) is 9.42. The van der Waals surface area contributed by atoms with Gasteiger partial charge in [0.1, 0.15) is 12.4 Å². The molecule has 15 heavy (non-hydrogen) atoms. The van der Waals surface area contributed by atoms with E-state index in [4.69, 9.17) is 16.9 Å². The average molecular weight is 197 g/mol. The van der Waals surface area contributed by atoms with Crippen LogP contribution in [0.4, 0.5) is 5.69 Å². The van der Waals surface area contributed by atoms with Crippen LogP contribution in [0.25, 0.3) is 10.8 Å². The quantitative estimate of drug-likeness (QED) is 0.592. The van der Waals surface area contributed by atoms with Crippen molar-refractivity contribution < 1.29 is 4.74 Å². The van der Waals surface area contributed by atoms with Gasteiger partial charge in [-0.3, -0.25) is 0 Å². The summed E-state index contributed by atoms with van der Waals surface area (Å²) in [7, 11) is 0. The number of rotatable bonds is 2. The van der Waals surface area contributed by atoms with Gasteiger partial charge in [-0.15, -0.1) is 6.42 Å². The Bertz CT molecular complexity index is 526. The number of nitrogen functional groups attached to an aromatic ring is 1. The minimum atomic E-state index is 0.262. The predicted octanol–water partition coefficient (Wildman–Crippen LogP) is 2.43. The van der Waals surface area contributed by atoms with Gasteiger partial charge in [0.25, 0.3) is 0 Å². The van der Waals surface area contributed by atoms with E-state index in [9.17, 15) is 0 Å². The van der Waals surface area contributed by atoms with E-state index in [-0.39, 0.29) is 6.61 Å². The second-order valence-corrected chi connectivity index (χ2v) is 3.23. The molecule has 0 radical (unpaired) electrons. The number of nitrogens with two attached hydrogens (primary N) is 1. The first-order chi connectivity index (χ1) is 7.31. The maximum Gasteiger partial charge on any atom is 0.148 e. The van der Waals surface area contributed by atoms with Gasteiger partial charge in [-0.2, -0.15) is 0 Å². The zero-order chi connectivity index (χ0) is 10.7. The molecular weight excluding hydrogens is 186 g/mol. The number of terminal acetylenes is 1. The average Bonchev–Trinajstić information content (AvgIpc) is 2.26. The molecule has 2 N–H and O–H groups in total. The summed E-state index contributed by atoms with van der Waals surface area (Å²) in [5, 5.41) is 2.09. The largest absolute Gasteiger partial charge is 0.481 e. The van der Waals surface area contributed by atoms with Gasteiger partial charge < -0.3 is 10.5 Å². The third-order valence-electron chi connectivity index (χ3n) is 2.19. The zero-order valence-electron chi connectivity index (χ0n) is 8.23. The highest BCUT2D eigenvalue weighted by Gasteiger charge is 2.00. The molecular formula is C13H11NO. The predicted molar refractivity (Wildman–Crippen MR) is 62.7 cm³/mol. The number of hydrogen-bond donors (Lipinski definition) is 1. The Balaban J connectivity index is 2.49. The Kier molecular flexibility index (Phi) is 2.47. The van der Waals surface area contributed by atoms with Crippen molar-refractivity contribution in [1.82, 2.24) is 0 Å². The molecule has 0 unspecified atom stereocenters. The van der Waals surface area contributed by atoms with Gasteiger partial charge in [-0.1, -0.05) is 30.2 Å². The number of benzene rings is 2. The zero-order valence-corrected chi connectivity index (χ0v) is 8.23. The first-order valence-corrected chi connectivity index (χ1v) is 4.66. The second kappa shape index (κ2) is 3.93. The van der Waals surface area contributed by atoms with Crippen LogP contribution in [0.5, 0.6) is 5.75 Å². The van der Waals surface area contributed by atoms with E-state index < -0.39 is 0 Å². The molecule has 2 nitrogen and oxygen atoms in total. The molecule has 0 heterocycles. The lowest BCUT2D eigenvalue weighted by Gasteiger charge is -2.06. The number of ether oxygens (including phenoxy) is 1. The van der Waals surface area contributed by atoms with Gasteiger partial charge in [-0.25, -0.2) is 0 Å². The summed E-state index contributed by atoms with van der Waals surface area (Å²) in [5.74, 6) is 3.13. The lowest BCUT2D eigenvalue weighted by Crippen LogP contribution is -1.95. The van der Waals surface area contributed by atoms with Gasteiger partial charge in [0.2, 0.25) is 0 Å². The van der Waals surface area contributed by atoms with E-state index in [1.807, 2.05) is 30.3 Å². The molecule has 2 heteroatoms. The van der Waals surface area contributed by atoms with Crippen LogP contribution in [0.15, 0.2) is 36.4 Å². The van der Waals surface area contributed by atoms with Crippen LogP contribution in [-0.4, -0.2) is 6.61 Å². The molecule has 0 bridgehead atoms. The Hall–Kier alpha value is -2.14. The smallest absolute Gasteiger partial charge is 0.148 e. The van der Waals surface area contributed by atoms with Crippen LogP contribution in [0.1, 0.15) is 0 Å². The summed E-state index contributed by atoms with van der Waals surface area (Å²) < 4.78 is 5.33. The lowest BCUT2D eigenvalue weighted by molar-refractivity contribution is 0.371. The Morgan fingerprint density at radius 1 is 1.27 bits per heavy atom. The van der Waals surface area contributed by atoms with Crippen molar-refractivity contribution >= 4 is 16.5 Å². The molecule has 0 atom stereocenters. The van der Waals surface area contributed by atoms with E-state index in [1.165, 1.54) is 0 Å². The fourth-order valence-electron chi connectivity index (χ4n) is 1.52. The standard InChI is InChI=1S/C13H11NO/c1-2-7-15-11-8-10-5-3-4-6-12(10)13(14)9-11/h1,3-6,8-9H,7,14H2. The van der Waals surface area contributed by atoms with Crippen molar-refractivity contribution in [2.75, 3.05) is 12.3 Å². The molecule has 0 aromatic heterocycles.